The molecule has 2 aliphatic rings. The molecular weight excluding hydrogens is 863 g/mol. The van der Waals surface area contributed by atoms with Crippen LogP contribution in [0.2, 0.25) is 0 Å². The molecule has 0 bridgehead atoms. The van der Waals surface area contributed by atoms with E-state index in [0.717, 1.165) is 0 Å². The van der Waals surface area contributed by atoms with Crippen LogP contribution < -0.4 is 0 Å². The molecule has 0 atom stereocenters. The van der Waals surface area contributed by atoms with Crippen molar-refractivity contribution in [1.82, 2.24) is 0 Å². The third kappa shape index (κ3) is 15.0. The monoisotopic (exact) mass is 934 g/mol. The van der Waals surface area contributed by atoms with Crippen molar-refractivity contribution in [3.63, 3.8) is 0 Å². The van der Waals surface area contributed by atoms with Crippen molar-refractivity contribution in [3.05, 3.63) is 146 Å². The van der Waals surface area contributed by atoms with Gasteiger partial charge >= 0.3 is 30.2 Å². The molecular formula is C56H74Cl2SiZr-4. The standard InChI is InChI=1S/2C27H33.2CH3.2ClH.Si.Zr/c2*1-21-12-14-23(15-13-21)25-11-9-10-24-18-22(19-26(24)25)20-27(2)16-7-5-3-4-6-8-17-27;;;;;;/h2*9-15,18-19H,3-8,16-17,20H2,1-2H3;2*1H3;2*1H;;/q4*-1;;;;. The number of rotatable bonds is 6. The molecule has 6 aromatic carbocycles. The fourth-order valence-electron chi connectivity index (χ4n) is 9.98. The topological polar surface area (TPSA) is 0 Å². The van der Waals surface area contributed by atoms with Crippen LogP contribution in [-0.2, 0) is 36.2 Å². The van der Waals surface area contributed by atoms with Gasteiger partial charge in [-0.15, -0.1) is 93.9 Å². The number of aryl methyl sites for hydroxylation is 2. The Morgan fingerprint density at radius 3 is 1.08 bits per heavy atom. The summed E-state index contributed by atoms with van der Waals surface area (Å²) in [7, 11) is 0. The number of benzene rings is 4. The van der Waals surface area contributed by atoms with Gasteiger partial charge < -0.3 is 14.9 Å². The summed E-state index contributed by atoms with van der Waals surface area (Å²) in [5, 5.41) is 5.63. The van der Waals surface area contributed by atoms with Crippen LogP contribution in [-0.4, -0.2) is 6.88 Å². The predicted octanol–water partition coefficient (Wildman–Crippen LogP) is 17.8. The summed E-state index contributed by atoms with van der Waals surface area (Å²) in [6.07, 6.45) is 25.1. The molecule has 0 aromatic heterocycles. The first-order valence-corrected chi connectivity index (χ1v) is 26.2. The maximum atomic E-state index is 3.06. The van der Waals surface area contributed by atoms with Gasteiger partial charge in [-0.05, 0) is 74.3 Å². The van der Waals surface area contributed by atoms with E-state index >= 15 is 0 Å². The molecule has 0 nitrogen and oxygen atoms in total. The van der Waals surface area contributed by atoms with E-state index in [9.17, 15) is 0 Å². The molecule has 0 N–H and O–H groups in total. The Bertz CT molecular complexity index is 1930. The van der Waals surface area contributed by atoms with Gasteiger partial charge in [0.1, 0.15) is 0 Å². The van der Waals surface area contributed by atoms with E-state index in [0.29, 0.717) is 10.8 Å². The summed E-state index contributed by atoms with van der Waals surface area (Å²) in [4.78, 5) is 0. The maximum absolute atomic E-state index is 3.06. The van der Waals surface area contributed by atoms with Crippen LogP contribution in [0.1, 0.15) is 139 Å². The van der Waals surface area contributed by atoms with E-state index < -0.39 is 0 Å². The Balaban J connectivity index is 0.000000373. The van der Waals surface area contributed by atoms with E-state index in [1.165, 1.54) is 205 Å². The van der Waals surface area contributed by atoms with Gasteiger partial charge in [-0.25, -0.2) is 0 Å². The van der Waals surface area contributed by atoms with Gasteiger partial charge in [-0.1, -0.05) is 174 Å². The Kier molecular flexibility index (Phi) is 23.7. The van der Waals surface area contributed by atoms with Crippen molar-refractivity contribution >= 4 is 53.2 Å². The molecule has 2 saturated carbocycles. The van der Waals surface area contributed by atoms with E-state index in [1.54, 1.807) is 0 Å². The summed E-state index contributed by atoms with van der Waals surface area (Å²) in [6.45, 7) is 12.5. The Morgan fingerprint density at radius 1 is 0.467 bits per heavy atom. The van der Waals surface area contributed by atoms with Crippen LogP contribution in [0.5, 0.6) is 0 Å². The number of hydrogen-bond acceptors (Lipinski definition) is 0. The minimum atomic E-state index is 0. The molecule has 0 heterocycles. The van der Waals surface area contributed by atoms with Crippen LogP contribution in [0.3, 0.4) is 0 Å². The van der Waals surface area contributed by atoms with Gasteiger partial charge in [0.05, 0.1) is 0 Å². The first-order valence-electron chi connectivity index (χ1n) is 22.0. The van der Waals surface area contributed by atoms with Crippen LogP contribution >= 0.6 is 24.8 Å². The van der Waals surface area contributed by atoms with Crippen molar-refractivity contribution in [2.75, 3.05) is 0 Å². The Labute approximate surface area is 396 Å². The molecule has 4 heteroatoms. The second kappa shape index (κ2) is 26.4. The summed E-state index contributed by atoms with van der Waals surface area (Å²) >= 11 is 1.36. The molecule has 0 unspecified atom stereocenters. The molecule has 324 valence electrons. The second-order valence-corrected chi connectivity index (χ2v) is 18.3. The third-order valence-corrected chi connectivity index (χ3v) is 13.2. The molecule has 0 saturated heterocycles. The van der Waals surface area contributed by atoms with Gasteiger partial charge in [0, 0.05) is 0 Å². The molecule has 2 aliphatic carbocycles. The van der Waals surface area contributed by atoms with Crippen LogP contribution in [0.4, 0.5) is 0 Å². The van der Waals surface area contributed by atoms with Crippen LogP contribution in [0.15, 0.2) is 109 Å². The SMILES string of the molecule is Cc1ccc(-c2cccc3[cH-]c(CC4(C)CCCCCCCC4)cc23)cc1.Cc1ccc(-c2cccc3[cH-]c(CC4(C)CCCCCCCC4)cc23)cc1.Cl.Cl.[CH3-].[CH3-].[Si]=[Zr]. The number of fused-ring (bicyclic) bond motifs is 2. The van der Waals surface area contributed by atoms with Crippen molar-refractivity contribution in [2.45, 2.75) is 143 Å². The van der Waals surface area contributed by atoms with Gasteiger partial charge in [0.2, 0.25) is 0 Å². The van der Waals surface area contributed by atoms with E-state index in [2.05, 4.69) is 144 Å². The second-order valence-electron chi connectivity index (χ2n) is 18.3. The summed E-state index contributed by atoms with van der Waals surface area (Å²) in [5.74, 6) is 0. The van der Waals surface area contributed by atoms with Crippen molar-refractivity contribution < 1.29 is 23.3 Å². The molecule has 8 rings (SSSR count). The van der Waals surface area contributed by atoms with Gasteiger partial charge in [-0.2, -0.15) is 12.1 Å². The molecule has 0 amide bonds. The zero-order chi connectivity index (χ0) is 39.4. The third-order valence-electron chi connectivity index (χ3n) is 13.2. The summed E-state index contributed by atoms with van der Waals surface area (Å²) in [5.41, 5.74) is 12.1. The van der Waals surface area contributed by atoms with Gasteiger partial charge in [-0.3, -0.25) is 0 Å². The number of hydrogen-bond donors (Lipinski definition) is 0. The quantitative estimate of drug-likeness (QED) is 0.115. The zero-order valence-electron chi connectivity index (χ0n) is 37.9. The predicted molar refractivity (Wildman–Crippen MR) is 270 cm³/mol. The van der Waals surface area contributed by atoms with Crippen LogP contribution in [0.25, 0.3) is 43.8 Å². The summed E-state index contributed by atoms with van der Waals surface area (Å²) in [6, 6.07) is 41.3. The van der Waals surface area contributed by atoms with Crippen molar-refractivity contribution in [2.24, 2.45) is 10.8 Å². The Morgan fingerprint density at radius 2 is 0.767 bits per heavy atom. The molecule has 0 aliphatic heterocycles. The molecule has 60 heavy (non-hydrogen) atoms. The van der Waals surface area contributed by atoms with Crippen molar-refractivity contribution in [1.29, 1.82) is 0 Å². The Hall–Kier alpha value is -2.22. The fourth-order valence-corrected chi connectivity index (χ4v) is 9.98. The minimum absolute atomic E-state index is 0. The van der Waals surface area contributed by atoms with E-state index in [4.69, 9.17) is 0 Å². The molecule has 2 fully saturated rings. The molecule has 6 aromatic rings. The van der Waals surface area contributed by atoms with Gasteiger partial charge in [0.25, 0.3) is 0 Å². The zero-order valence-corrected chi connectivity index (χ0v) is 43.0. The van der Waals surface area contributed by atoms with Crippen LogP contribution in [0, 0.1) is 39.5 Å². The average molecular weight is 937 g/mol. The molecule has 2 radical (unpaired) electrons. The normalized spacial score (nSPS) is 16.2. The van der Waals surface area contributed by atoms with Crippen molar-refractivity contribution in [3.8, 4) is 22.3 Å². The van der Waals surface area contributed by atoms with E-state index in [1.807, 2.05) is 0 Å². The average Bonchev–Trinajstić information content (AvgIpc) is 3.85. The fraction of sp³-hybridized carbons (Fsp3) is 0.429. The first kappa shape index (κ1) is 53.9. The number of halogens is 2. The molecule has 0 spiro atoms. The summed E-state index contributed by atoms with van der Waals surface area (Å²) < 4.78 is 0. The van der Waals surface area contributed by atoms with E-state index in [-0.39, 0.29) is 39.7 Å². The van der Waals surface area contributed by atoms with Gasteiger partial charge in [0.15, 0.2) is 0 Å². The first-order chi connectivity index (χ1) is 27.3.